The van der Waals surface area contributed by atoms with Crippen LogP contribution >= 0.6 is 11.8 Å². The molecule has 1 fully saturated rings. The molecule has 0 bridgehead atoms. The SMILES string of the molecule is CCc1ccc(CNC)cc1S(=O)(=O)N1CCSCC1C. The Labute approximate surface area is 132 Å². The average molecular weight is 329 g/mol. The van der Waals surface area contributed by atoms with Gasteiger partial charge in [-0.05, 0) is 37.6 Å². The van der Waals surface area contributed by atoms with Crippen molar-refractivity contribution in [3.05, 3.63) is 29.3 Å². The molecule has 0 amide bonds. The summed E-state index contributed by atoms with van der Waals surface area (Å²) in [5.41, 5.74) is 1.91. The van der Waals surface area contributed by atoms with E-state index in [1.54, 1.807) is 4.31 Å². The zero-order valence-corrected chi connectivity index (χ0v) is 14.6. The number of sulfonamides is 1. The molecule has 1 aromatic rings. The predicted molar refractivity (Wildman–Crippen MR) is 89.3 cm³/mol. The van der Waals surface area contributed by atoms with E-state index in [0.717, 1.165) is 29.1 Å². The molecule has 1 aromatic carbocycles. The number of benzene rings is 1. The standard InChI is InChI=1S/C15H24N2O2S2/c1-4-14-6-5-13(10-16-3)9-15(14)21(18,19)17-7-8-20-11-12(17)2/h5-6,9,12,16H,4,7-8,10-11H2,1-3H3. The van der Waals surface area contributed by atoms with Gasteiger partial charge in [0.1, 0.15) is 0 Å². The summed E-state index contributed by atoms with van der Waals surface area (Å²) in [4.78, 5) is 0.483. The molecule has 2 rings (SSSR count). The molecule has 1 N–H and O–H groups in total. The fraction of sp³-hybridized carbons (Fsp3) is 0.600. The Balaban J connectivity index is 2.44. The number of nitrogens with one attached hydrogen (secondary N) is 1. The Morgan fingerprint density at radius 2 is 2.19 bits per heavy atom. The van der Waals surface area contributed by atoms with E-state index in [4.69, 9.17) is 0 Å². The van der Waals surface area contributed by atoms with Gasteiger partial charge in [-0.2, -0.15) is 16.1 Å². The highest BCUT2D eigenvalue weighted by molar-refractivity contribution is 7.99. The molecule has 118 valence electrons. The molecule has 4 nitrogen and oxygen atoms in total. The number of nitrogens with zero attached hydrogens (tertiary/aromatic N) is 1. The van der Waals surface area contributed by atoms with Crippen LogP contribution < -0.4 is 5.32 Å². The lowest BCUT2D eigenvalue weighted by molar-refractivity contribution is 0.367. The van der Waals surface area contributed by atoms with Crippen molar-refractivity contribution >= 4 is 21.8 Å². The molecule has 0 spiro atoms. The van der Waals surface area contributed by atoms with Crippen molar-refractivity contribution in [3.8, 4) is 0 Å². The lowest BCUT2D eigenvalue weighted by atomic mass is 10.1. The Kier molecular flexibility index (Phi) is 5.71. The maximum atomic E-state index is 13.0. The highest BCUT2D eigenvalue weighted by Gasteiger charge is 2.32. The highest BCUT2D eigenvalue weighted by atomic mass is 32.2. The molecule has 21 heavy (non-hydrogen) atoms. The van der Waals surface area contributed by atoms with Crippen LogP contribution in [0, 0.1) is 0 Å². The van der Waals surface area contributed by atoms with E-state index in [1.165, 1.54) is 0 Å². The van der Waals surface area contributed by atoms with Gasteiger partial charge in [0.2, 0.25) is 10.0 Å². The van der Waals surface area contributed by atoms with E-state index < -0.39 is 10.0 Å². The van der Waals surface area contributed by atoms with Gasteiger partial charge in [0.05, 0.1) is 4.90 Å². The van der Waals surface area contributed by atoms with Gasteiger partial charge in [0, 0.05) is 30.6 Å². The average Bonchev–Trinajstić information content (AvgIpc) is 2.48. The summed E-state index contributed by atoms with van der Waals surface area (Å²) in [5.74, 6) is 1.75. The van der Waals surface area contributed by atoms with Gasteiger partial charge in [0.25, 0.3) is 0 Å². The van der Waals surface area contributed by atoms with Crippen LogP contribution in [0.1, 0.15) is 25.0 Å². The first-order valence-corrected chi connectivity index (χ1v) is 9.96. The summed E-state index contributed by atoms with van der Waals surface area (Å²) >= 11 is 1.82. The second-order valence-electron chi connectivity index (χ2n) is 5.37. The van der Waals surface area contributed by atoms with E-state index in [1.807, 2.05) is 50.9 Å². The molecular formula is C15H24N2O2S2. The first-order valence-electron chi connectivity index (χ1n) is 7.36. The minimum atomic E-state index is -3.40. The number of aryl methyl sites for hydroxylation is 1. The Morgan fingerprint density at radius 1 is 1.43 bits per heavy atom. The molecule has 1 saturated heterocycles. The predicted octanol–water partition coefficient (Wildman–Crippen LogP) is 2.09. The molecule has 1 unspecified atom stereocenters. The minimum Gasteiger partial charge on any atom is -0.316 e. The normalized spacial score (nSPS) is 20.6. The van der Waals surface area contributed by atoms with Gasteiger partial charge in [0.15, 0.2) is 0 Å². The third kappa shape index (κ3) is 3.62. The smallest absolute Gasteiger partial charge is 0.243 e. The monoisotopic (exact) mass is 328 g/mol. The first kappa shape index (κ1) is 16.8. The van der Waals surface area contributed by atoms with Crippen LogP contribution in [0.4, 0.5) is 0 Å². The zero-order valence-electron chi connectivity index (χ0n) is 12.9. The summed E-state index contributed by atoms with van der Waals surface area (Å²) in [5, 5.41) is 3.08. The largest absolute Gasteiger partial charge is 0.316 e. The van der Waals surface area contributed by atoms with Crippen molar-refractivity contribution in [3.63, 3.8) is 0 Å². The van der Waals surface area contributed by atoms with Gasteiger partial charge in [-0.15, -0.1) is 0 Å². The molecule has 1 heterocycles. The van der Waals surface area contributed by atoms with Crippen molar-refractivity contribution in [1.29, 1.82) is 0 Å². The second kappa shape index (κ2) is 7.13. The van der Waals surface area contributed by atoms with Crippen molar-refractivity contribution in [2.75, 3.05) is 25.1 Å². The van der Waals surface area contributed by atoms with Gasteiger partial charge < -0.3 is 5.32 Å². The number of hydrogen-bond acceptors (Lipinski definition) is 4. The topological polar surface area (TPSA) is 49.4 Å². The number of rotatable bonds is 5. The Morgan fingerprint density at radius 3 is 2.81 bits per heavy atom. The first-order chi connectivity index (χ1) is 10.0. The fourth-order valence-electron chi connectivity index (χ4n) is 2.64. The lowest BCUT2D eigenvalue weighted by Crippen LogP contribution is -2.44. The third-order valence-corrected chi connectivity index (χ3v) is 7.07. The van der Waals surface area contributed by atoms with Crippen molar-refractivity contribution in [1.82, 2.24) is 9.62 Å². The van der Waals surface area contributed by atoms with Crippen LogP contribution in [-0.4, -0.2) is 43.9 Å². The van der Waals surface area contributed by atoms with E-state index in [-0.39, 0.29) is 6.04 Å². The summed E-state index contributed by atoms with van der Waals surface area (Å²) in [7, 11) is -1.54. The summed E-state index contributed by atoms with van der Waals surface area (Å²) < 4.78 is 27.7. The molecule has 0 aromatic heterocycles. The fourth-order valence-corrected chi connectivity index (χ4v) is 5.84. The Bertz CT molecular complexity index is 587. The second-order valence-corrected chi connectivity index (χ2v) is 8.37. The minimum absolute atomic E-state index is 0.0615. The summed E-state index contributed by atoms with van der Waals surface area (Å²) in [6, 6.07) is 5.85. The molecule has 1 aliphatic heterocycles. The van der Waals surface area contributed by atoms with E-state index in [9.17, 15) is 8.42 Å². The molecular weight excluding hydrogens is 304 g/mol. The Hall–Kier alpha value is -0.560. The van der Waals surface area contributed by atoms with Gasteiger partial charge in [-0.25, -0.2) is 8.42 Å². The molecule has 0 aliphatic carbocycles. The van der Waals surface area contributed by atoms with Crippen molar-refractivity contribution in [2.24, 2.45) is 0 Å². The molecule has 1 aliphatic rings. The van der Waals surface area contributed by atoms with Crippen LogP contribution in [0.15, 0.2) is 23.1 Å². The van der Waals surface area contributed by atoms with Gasteiger partial charge >= 0.3 is 0 Å². The van der Waals surface area contributed by atoms with Crippen LogP contribution in [0.3, 0.4) is 0 Å². The summed E-state index contributed by atoms with van der Waals surface area (Å²) in [6.07, 6.45) is 0.728. The van der Waals surface area contributed by atoms with Crippen LogP contribution in [0.25, 0.3) is 0 Å². The third-order valence-electron chi connectivity index (χ3n) is 3.79. The van der Waals surface area contributed by atoms with Gasteiger partial charge in [-0.1, -0.05) is 19.1 Å². The molecule has 0 radical (unpaired) electrons. The van der Waals surface area contributed by atoms with E-state index >= 15 is 0 Å². The molecule has 0 saturated carbocycles. The van der Waals surface area contributed by atoms with Crippen LogP contribution in [0.5, 0.6) is 0 Å². The van der Waals surface area contributed by atoms with Crippen LogP contribution in [0.2, 0.25) is 0 Å². The number of thioether (sulfide) groups is 1. The van der Waals surface area contributed by atoms with Gasteiger partial charge in [-0.3, -0.25) is 0 Å². The maximum absolute atomic E-state index is 13.0. The van der Waals surface area contributed by atoms with E-state index in [2.05, 4.69) is 5.32 Å². The maximum Gasteiger partial charge on any atom is 0.243 e. The van der Waals surface area contributed by atoms with E-state index in [0.29, 0.717) is 18.0 Å². The van der Waals surface area contributed by atoms with Crippen molar-refractivity contribution in [2.45, 2.75) is 37.8 Å². The van der Waals surface area contributed by atoms with Crippen molar-refractivity contribution < 1.29 is 8.42 Å². The highest BCUT2D eigenvalue weighted by Crippen LogP contribution is 2.27. The van der Waals surface area contributed by atoms with Crippen LogP contribution in [-0.2, 0) is 23.0 Å². The lowest BCUT2D eigenvalue weighted by Gasteiger charge is -2.32. The molecule has 1 atom stereocenters. The number of hydrogen-bond donors (Lipinski definition) is 1. The summed E-state index contributed by atoms with van der Waals surface area (Å²) in [6.45, 7) is 5.28. The molecule has 6 heteroatoms. The quantitative estimate of drug-likeness (QED) is 0.899. The zero-order chi connectivity index (χ0) is 15.5.